The van der Waals surface area contributed by atoms with Gasteiger partial charge in [0.05, 0.1) is 11.4 Å². The van der Waals surface area contributed by atoms with E-state index in [1.165, 1.54) is 6.33 Å². The smallest absolute Gasteiger partial charge is 0.159 e. The standard InChI is InChI=1S/C19H16N6/c20-23-18-12-19(22-13-21-18)25-17(15-9-5-2-6-10-15)11-16(24-25)14-7-3-1-4-8-14/h1-13H,20H2,(H,21,22,23). The highest BCUT2D eigenvalue weighted by atomic mass is 15.3. The normalized spacial score (nSPS) is 10.6. The van der Waals surface area contributed by atoms with Gasteiger partial charge in [-0.3, -0.25) is 0 Å². The van der Waals surface area contributed by atoms with Crippen molar-refractivity contribution in [2.75, 3.05) is 5.43 Å². The Hall–Kier alpha value is -3.51. The van der Waals surface area contributed by atoms with E-state index in [4.69, 9.17) is 10.9 Å². The third-order valence-corrected chi connectivity index (χ3v) is 3.87. The summed E-state index contributed by atoms with van der Waals surface area (Å²) in [4.78, 5) is 8.41. The maximum absolute atomic E-state index is 5.47. The number of hydrogen-bond donors (Lipinski definition) is 2. The van der Waals surface area contributed by atoms with E-state index in [0.717, 1.165) is 22.5 Å². The van der Waals surface area contributed by atoms with Crippen LogP contribution >= 0.6 is 0 Å². The van der Waals surface area contributed by atoms with Crippen LogP contribution in [0.3, 0.4) is 0 Å². The minimum atomic E-state index is 0.528. The Morgan fingerprint density at radius 3 is 2.16 bits per heavy atom. The third-order valence-electron chi connectivity index (χ3n) is 3.87. The van der Waals surface area contributed by atoms with Gasteiger partial charge in [0.2, 0.25) is 0 Å². The molecule has 0 aliphatic heterocycles. The lowest BCUT2D eigenvalue weighted by Gasteiger charge is -2.07. The molecule has 6 nitrogen and oxygen atoms in total. The first-order valence-electron chi connectivity index (χ1n) is 7.85. The molecule has 25 heavy (non-hydrogen) atoms. The van der Waals surface area contributed by atoms with Crippen LogP contribution in [-0.2, 0) is 0 Å². The molecule has 0 saturated heterocycles. The lowest BCUT2D eigenvalue weighted by atomic mass is 10.1. The number of hydrogen-bond acceptors (Lipinski definition) is 5. The van der Waals surface area contributed by atoms with Gasteiger partial charge in [-0.05, 0) is 6.07 Å². The first-order chi connectivity index (χ1) is 12.3. The second kappa shape index (κ2) is 6.54. The van der Waals surface area contributed by atoms with Gasteiger partial charge < -0.3 is 5.43 Å². The van der Waals surface area contributed by atoms with Crippen LogP contribution in [0.15, 0.2) is 79.1 Å². The van der Waals surface area contributed by atoms with Crippen LogP contribution in [-0.4, -0.2) is 19.7 Å². The molecule has 0 unspecified atom stereocenters. The monoisotopic (exact) mass is 328 g/mol. The molecule has 0 aliphatic carbocycles. The van der Waals surface area contributed by atoms with Gasteiger partial charge in [-0.1, -0.05) is 60.7 Å². The molecule has 0 atom stereocenters. The van der Waals surface area contributed by atoms with Crippen molar-refractivity contribution in [3.8, 4) is 28.3 Å². The van der Waals surface area contributed by atoms with Gasteiger partial charge in [0, 0.05) is 17.2 Å². The summed E-state index contributed by atoms with van der Waals surface area (Å²) in [6.07, 6.45) is 1.46. The summed E-state index contributed by atoms with van der Waals surface area (Å²) >= 11 is 0. The van der Waals surface area contributed by atoms with E-state index < -0.39 is 0 Å². The molecule has 122 valence electrons. The van der Waals surface area contributed by atoms with E-state index >= 15 is 0 Å². The summed E-state index contributed by atoms with van der Waals surface area (Å²) in [6.45, 7) is 0. The highest BCUT2D eigenvalue weighted by Crippen LogP contribution is 2.28. The van der Waals surface area contributed by atoms with E-state index in [1.54, 1.807) is 10.7 Å². The fraction of sp³-hybridized carbons (Fsp3) is 0. The second-order valence-electron chi connectivity index (χ2n) is 5.46. The van der Waals surface area contributed by atoms with Gasteiger partial charge >= 0.3 is 0 Å². The van der Waals surface area contributed by atoms with Crippen molar-refractivity contribution in [3.05, 3.63) is 79.1 Å². The van der Waals surface area contributed by atoms with Crippen LogP contribution < -0.4 is 11.3 Å². The molecule has 0 fully saturated rings. The molecule has 0 spiro atoms. The third kappa shape index (κ3) is 2.98. The van der Waals surface area contributed by atoms with Gasteiger partial charge in [0.25, 0.3) is 0 Å². The van der Waals surface area contributed by atoms with Crippen LogP contribution in [0.2, 0.25) is 0 Å². The Morgan fingerprint density at radius 2 is 1.48 bits per heavy atom. The van der Waals surface area contributed by atoms with Gasteiger partial charge in [-0.15, -0.1) is 0 Å². The number of aromatic nitrogens is 4. The molecular weight excluding hydrogens is 312 g/mol. The van der Waals surface area contributed by atoms with Crippen molar-refractivity contribution in [2.24, 2.45) is 5.84 Å². The Bertz CT molecular complexity index is 979. The number of nitrogens with zero attached hydrogens (tertiary/aromatic N) is 4. The quantitative estimate of drug-likeness (QED) is 0.444. The number of rotatable bonds is 4. The first-order valence-corrected chi connectivity index (χ1v) is 7.85. The fourth-order valence-electron chi connectivity index (χ4n) is 2.66. The van der Waals surface area contributed by atoms with Crippen LogP contribution in [0.4, 0.5) is 5.82 Å². The molecule has 4 aromatic rings. The SMILES string of the molecule is NNc1cc(-n2nc(-c3ccccc3)cc2-c2ccccc2)ncn1. The largest absolute Gasteiger partial charge is 0.308 e. The summed E-state index contributed by atoms with van der Waals surface area (Å²) in [7, 11) is 0. The van der Waals surface area contributed by atoms with Crippen molar-refractivity contribution < 1.29 is 0 Å². The van der Waals surface area contributed by atoms with Crippen molar-refractivity contribution in [1.82, 2.24) is 19.7 Å². The Labute approximate surface area is 145 Å². The zero-order valence-electron chi connectivity index (χ0n) is 13.4. The van der Waals surface area contributed by atoms with Crippen LogP contribution in [0.5, 0.6) is 0 Å². The second-order valence-corrected chi connectivity index (χ2v) is 5.46. The summed E-state index contributed by atoms with van der Waals surface area (Å²) < 4.78 is 1.81. The van der Waals surface area contributed by atoms with Crippen molar-refractivity contribution in [3.63, 3.8) is 0 Å². The van der Waals surface area contributed by atoms with E-state index in [1.807, 2.05) is 60.7 Å². The summed E-state index contributed by atoms with van der Waals surface area (Å²) in [5, 5.41) is 4.76. The summed E-state index contributed by atoms with van der Waals surface area (Å²) in [6, 6.07) is 24.0. The molecular formula is C19H16N6. The fourth-order valence-corrected chi connectivity index (χ4v) is 2.66. The molecule has 6 heteroatoms. The maximum Gasteiger partial charge on any atom is 0.159 e. The van der Waals surface area contributed by atoms with E-state index in [0.29, 0.717) is 11.6 Å². The molecule has 4 rings (SSSR count). The molecule has 0 amide bonds. The van der Waals surface area contributed by atoms with Crippen molar-refractivity contribution in [1.29, 1.82) is 0 Å². The van der Waals surface area contributed by atoms with Gasteiger partial charge in [-0.25, -0.2) is 20.5 Å². The number of nitrogens with two attached hydrogens (primary N) is 1. The summed E-state index contributed by atoms with van der Waals surface area (Å²) in [5.41, 5.74) is 6.46. The number of hydrazine groups is 1. The Morgan fingerprint density at radius 1 is 0.800 bits per heavy atom. The molecule has 2 aromatic heterocycles. The molecule has 0 bridgehead atoms. The molecule has 2 aromatic carbocycles. The number of nitrogens with one attached hydrogen (secondary N) is 1. The highest BCUT2D eigenvalue weighted by Gasteiger charge is 2.14. The Balaban J connectivity index is 1.91. The Kier molecular flexibility index (Phi) is 3.94. The zero-order valence-corrected chi connectivity index (χ0v) is 13.4. The van der Waals surface area contributed by atoms with Crippen LogP contribution in [0.1, 0.15) is 0 Å². The predicted octanol–water partition coefficient (Wildman–Crippen LogP) is 3.28. The molecule has 0 aliphatic rings. The minimum Gasteiger partial charge on any atom is -0.308 e. The van der Waals surface area contributed by atoms with E-state index in [-0.39, 0.29) is 0 Å². The zero-order chi connectivity index (χ0) is 17.1. The van der Waals surface area contributed by atoms with Crippen LogP contribution in [0, 0.1) is 0 Å². The van der Waals surface area contributed by atoms with E-state index in [2.05, 4.69) is 21.5 Å². The molecule has 2 heterocycles. The predicted molar refractivity (Wildman–Crippen MR) is 97.8 cm³/mol. The maximum atomic E-state index is 5.47. The lowest BCUT2D eigenvalue weighted by molar-refractivity contribution is 0.849. The number of nitrogen functional groups attached to an aromatic ring is 1. The van der Waals surface area contributed by atoms with Crippen molar-refractivity contribution >= 4 is 5.82 Å². The molecule has 0 radical (unpaired) electrons. The van der Waals surface area contributed by atoms with Crippen molar-refractivity contribution in [2.45, 2.75) is 0 Å². The lowest BCUT2D eigenvalue weighted by Crippen LogP contribution is -2.10. The van der Waals surface area contributed by atoms with Gasteiger partial charge in [-0.2, -0.15) is 5.10 Å². The first kappa shape index (κ1) is 15.0. The molecule has 0 saturated carbocycles. The minimum absolute atomic E-state index is 0.528. The van der Waals surface area contributed by atoms with E-state index in [9.17, 15) is 0 Å². The number of anilines is 1. The number of benzene rings is 2. The van der Waals surface area contributed by atoms with Crippen LogP contribution in [0.25, 0.3) is 28.3 Å². The molecule has 3 N–H and O–H groups in total. The average Bonchev–Trinajstić information content (AvgIpc) is 3.15. The topological polar surface area (TPSA) is 81.6 Å². The van der Waals surface area contributed by atoms with Gasteiger partial charge in [0.1, 0.15) is 12.1 Å². The average molecular weight is 328 g/mol. The summed E-state index contributed by atoms with van der Waals surface area (Å²) in [5.74, 6) is 6.64. The van der Waals surface area contributed by atoms with Gasteiger partial charge in [0.15, 0.2) is 5.82 Å². The highest BCUT2D eigenvalue weighted by molar-refractivity contribution is 5.70.